The van der Waals surface area contributed by atoms with E-state index in [2.05, 4.69) is 27.1 Å². The van der Waals surface area contributed by atoms with Crippen molar-refractivity contribution >= 4 is 5.91 Å². The third-order valence-electron chi connectivity index (χ3n) is 2.53. The van der Waals surface area contributed by atoms with Crippen LogP contribution in [-0.2, 0) is 17.9 Å². The quantitative estimate of drug-likeness (QED) is 0.686. The van der Waals surface area contributed by atoms with Gasteiger partial charge in [0.05, 0.1) is 6.54 Å². The molecule has 0 fully saturated rings. The summed E-state index contributed by atoms with van der Waals surface area (Å²) in [4.78, 5) is 15.7. The van der Waals surface area contributed by atoms with Gasteiger partial charge in [0.15, 0.2) is 0 Å². The lowest BCUT2D eigenvalue weighted by Crippen LogP contribution is -2.32. The van der Waals surface area contributed by atoms with Crippen molar-refractivity contribution in [2.75, 3.05) is 6.54 Å². The number of nitrogens with zero attached hydrogens (tertiary/aromatic N) is 2. The summed E-state index contributed by atoms with van der Waals surface area (Å²) < 4.78 is 2.14. The predicted octanol–water partition coefficient (Wildman–Crippen LogP) is 1.30. The summed E-state index contributed by atoms with van der Waals surface area (Å²) in [5, 5.41) is 6.11. The van der Waals surface area contributed by atoms with Crippen LogP contribution < -0.4 is 10.6 Å². The first kappa shape index (κ1) is 14.7. The van der Waals surface area contributed by atoms with Gasteiger partial charge >= 0.3 is 0 Å². The number of aromatic nitrogens is 2. The Bertz CT molecular complexity index is 360. The largest absolute Gasteiger partial charge is 0.354 e. The molecule has 0 saturated carbocycles. The average molecular weight is 252 g/mol. The van der Waals surface area contributed by atoms with Crippen molar-refractivity contribution in [1.29, 1.82) is 0 Å². The second kappa shape index (κ2) is 7.87. The van der Waals surface area contributed by atoms with E-state index in [1.54, 1.807) is 0 Å². The zero-order valence-corrected chi connectivity index (χ0v) is 11.6. The smallest absolute Gasteiger partial charge is 0.221 e. The molecule has 0 radical (unpaired) electrons. The van der Waals surface area contributed by atoms with Crippen molar-refractivity contribution in [3.8, 4) is 0 Å². The normalized spacial score (nSPS) is 10.9. The van der Waals surface area contributed by atoms with E-state index >= 15 is 0 Å². The summed E-state index contributed by atoms with van der Waals surface area (Å²) in [6.45, 7) is 8.46. The molecule has 1 amide bonds. The number of aryl methyl sites for hydroxylation is 1. The predicted molar refractivity (Wildman–Crippen MR) is 72.1 cm³/mol. The van der Waals surface area contributed by atoms with E-state index in [4.69, 9.17) is 0 Å². The molecule has 2 N–H and O–H groups in total. The van der Waals surface area contributed by atoms with Crippen LogP contribution in [0.25, 0.3) is 0 Å². The first-order valence-corrected chi connectivity index (χ1v) is 6.63. The maximum atomic E-state index is 11.4. The van der Waals surface area contributed by atoms with E-state index in [-0.39, 0.29) is 11.9 Å². The first-order valence-electron chi connectivity index (χ1n) is 6.63. The van der Waals surface area contributed by atoms with Gasteiger partial charge in [-0.2, -0.15) is 0 Å². The molecule has 5 heteroatoms. The molecule has 0 aliphatic carbocycles. The maximum Gasteiger partial charge on any atom is 0.221 e. The van der Waals surface area contributed by atoms with Crippen LogP contribution in [-0.4, -0.2) is 28.0 Å². The van der Waals surface area contributed by atoms with Crippen LogP contribution in [0.4, 0.5) is 0 Å². The second-order valence-electron chi connectivity index (χ2n) is 4.69. The van der Waals surface area contributed by atoms with Crippen molar-refractivity contribution in [2.45, 2.75) is 52.7 Å². The van der Waals surface area contributed by atoms with E-state index in [1.807, 2.05) is 26.2 Å². The zero-order valence-electron chi connectivity index (χ0n) is 11.6. The highest BCUT2D eigenvalue weighted by atomic mass is 16.1. The number of hydrogen-bond donors (Lipinski definition) is 2. The molecule has 1 heterocycles. The van der Waals surface area contributed by atoms with Crippen molar-refractivity contribution in [3.63, 3.8) is 0 Å². The van der Waals surface area contributed by atoms with Crippen molar-refractivity contribution < 1.29 is 4.79 Å². The number of imidazole rings is 1. The molecule has 5 nitrogen and oxygen atoms in total. The van der Waals surface area contributed by atoms with Gasteiger partial charge in [0.1, 0.15) is 5.82 Å². The maximum absolute atomic E-state index is 11.4. The Morgan fingerprint density at radius 2 is 2.28 bits per heavy atom. The minimum absolute atomic E-state index is 0.0920. The van der Waals surface area contributed by atoms with E-state index in [1.165, 1.54) is 0 Å². The van der Waals surface area contributed by atoms with E-state index < -0.39 is 0 Å². The van der Waals surface area contributed by atoms with Gasteiger partial charge in [-0.1, -0.05) is 6.92 Å². The molecule has 1 aromatic rings. The van der Waals surface area contributed by atoms with Gasteiger partial charge in [0, 0.05) is 37.9 Å². The highest BCUT2D eigenvalue weighted by Gasteiger charge is 2.04. The van der Waals surface area contributed by atoms with Gasteiger partial charge in [0.2, 0.25) is 5.91 Å². The molecule has 1 rings (SSSR count). The molecule has 0 aliphatic heterocycles. The van der Waals surface area contributed by atoms with Crippen molar-refractivity contribution in [1.82, 2.24) is 20.2 Å². The Labute approximate surface area is 109 Å². The van der Waals surface area contributed by atoms with Crippen LogP contribution in [0.5, 0.6) is 0 Å². The first-order chi connectivity index (χ1) is 8.63. The fraction of sp³-hybridized carbons (Fsp3) is 0.692. The summed E-state index contributed by atoms with van der Waals surface area (Å²) in [5.41, 5.74) is 0. The van der Waals surface area contributed by atoms with Gasteiger partial charge in [-0.25, -0.2) is 4.98 Å². The van der Waals surface area contributed by atoms with Crippen LogP contribution in [0.3, 0.4) is 0 Å². The fourth-order valence-corrected chi connectivity index (χ4v) is 1.75. The Morgan fingerprint density at radius 1 is 1.50 bits per heavy atom. The van der Waals surface area contributed by atoms with Crippen LogP contribution >= 0.6 is 0 Å². The summed E-state index contributed by atoms with van der Waals surface area (Å²) in [7, 11) is 0. The standard InChI is InChI=1S/C13H24N4O/c1-4-8-17-9-7-15-12(17)10-14-6-5-13(18)16-11(2)3/h7,9,11,14H,4-6,8,10H2,1-3H3,(H,16,18). The average Bonchev–Trinajstić information content (AvgIpc) is 2.72. The van der Waals surface area contributed by atoms with Gasteiger partial charge in [-0.05, 0) is 20.3 Å². The SMILES string of the molecule is CCCn1ccnc1CNCCC(=O)NC(C)C. The number of carbonyl (C=O) groups excluding carboxylic acids is 1. The molecular weight excluding hydrogens is 228 g/mol. The van der Waals surface area contributed by atoms with Gasteiger partial charge in [-0.3, -0.25) is 4.79 Å². The zero-order chi connectivity index (χ0) is 13.4. The van der Waals surface area contributed by atoms with Crippen LogP contribution in [0.1, 0.15) is 39.4 Å². The third-order valence-corrected chi connectivity index (χ3v) is 2.53. The van der Waals surface area contributed by atoms with E-state index in [0.29, 0.717) is 19.5 Å². The molecule has 1 aromatic heterocycles. The summed E-state index contributed by atoms with van der Waals surface area (Å²) in [6.07, 6.45) is 5.41. The highest BCUT2D eigenvalue weighted by molar-refractivity contribution is 5.76. The number of amides is 1. The molecule has 18 heavy (non-hydrogen) atoms. The van der Waals surface area contributed by atoms with Crippen LogP contribution in [0.2, 0.25) is 0 Å². The molecule has 0 atom stereocenters. The lowest BCUT2D eigenvalue weighted by Gasteiger charge is -2.09. The molecular formula is C13H24N4O. The van der Waals surface area contributed by atoms with Gasteiger partial charge < -0.3 is 15.2 Å². The number of hydrogen-bond acceptors (Lipinski definition) is 3. The molecule has 102 valence electrons. The number of carbonyl (C=O) groups is 1. The van der Waals surface area contributed by atoms with Crippen LogP contribution in [0, 0.1) is 0 Å². The molecule has 0 spiro atoms. The van der Waals surface area contributed by atoms with Crippen molar-refractivity contribution in [2.24, 2.45) is 0 Å². The van der Waals surface area contributed by atoms with Crippen molar-refractivity contribution in [3.05, 3.63) is 18.2 Å². The molecule has 0 bridgehead atoms. The molecule has 0 aromatic carbocycles. The third kappa shape index (κ3) is 5.31. The Kier molecular flexibility index (Phi) is 6.43. The van der Waals surface area contributed by atoms with E-state index in [0.717, 1.165) is 18.8 Å². The monoisotopic (exact) mass is 252 g/mol. The van der Waals surface area contributed by atoms with Gasteiger partial charge in [-0.15, -0.1) is 0 Å². The summed E-state index contributed by atoms with van der Waals surface area (Å²) in [6, 6.07) is 0.209. The minimum atomic E-state index is 0.0920. The Morgan fingerprint density at radius 3 is 2.94 bits per heavy atom. The summed E-state index contributed by atoms with van der Waals surface area (Å²) in [5.74, 6) is 1.12. The number of nitrogens with one attached hydrogen (secondary N) is 2. The molecule has 0 saturated heterocycles. The lowest BCUT2D eigenvalue weighted by molar-refractivity contribution is -0.121. The lowest BCUT2D eigenvalue weighted by atomic mass is 10.3. The topological polar surface area (TPSA) is 59.0 Å². The Hall–Kier alpha value is -1.36. The van der Waals surface area contributed by atoms with Crippen LogP contribution in [0.15, 0.2) is 12.4 Å². The fourth-order valence-electron chi connectivity index (χ4n) is 1.75. The number of rotatable bonds is 8. The minimum Gasteiger partial charge on any atom is -0.354 e. The second-order valence-corrected chi connectivity index (χ2v) is 4.69. The molecule has 0 aliphatic rings. The Balaban J connectivity index is 2.21. The van der Waals surface area contributed by atoms with E-state index in [9.17, 15) is 4.79 Å². The highest BCUT2D eigenvalue weighted by Crippen LogP contribution is 1.98. The van der Waals surface area contributed by atoms with Gasteiger partial charge in [0.25, 0.3) is 0 Å². The summed E-state index contributed by atoms with van der Waals surface area (Å²) >= 11 is 0. The molecule has 0 unspecified atom stereocenters.